The van der Waals surface area contributed by atoms with Crippen LogP contribution in [0.15, 0.2) is 40.9 Å². The lowest BCUT2D eigenvalue weighted by Crippen LogP contribution is -2.25. The monoisotopic (exact) mass is 350 g/mol. The van der Waals surface area contributed by atoms with Gasteiger partial charge in [0.15, 0.2) is 6.61 Å². The zero-order chi connectivity index (χ0) is 14.8. The number of carbonyl (C=O) groups excluding carboxylic acids is 1. The van der Waals surface area contributed by atoms with Crippen molar-refractivity contribution < 1.29 is 13.9 Å². The third-order valence-electron chi connectivity index (χ3n) is 3.10. The topological polar surface area (TPSA) is 50.4 Å². The van der Waals surface area contributed by atoms with Crippen LogP contribution in [-0.4, -0.2) is 12.5 Å². The van der Waals surface area contributed by atoms with E-state index in [-0.39, 0.29) is 18.3 Å². The molecule has 21 heavy (non-hydrogen) atoms. The molecule has 1 heterocycles. The summed E-state index contributed by atoms with van der Waals surface area (Å²) in [7, 11) is 0. The summed E-state index contributed by atoms with van der Waals surface area (Å²) in [5.41, 5.74) is 1.95. The highest BCUT2D eigenvalue weighted by Gasteiger charge is 2.15. The Hall–Kier alpha value is -2.08. The van der Waals surface area contributed by atoms with Gasteiger partial charge in [0.2, 0.25) is 0 Å². The van der Waals surface area contributed by atoms with Crippen LogP contribution >= 0.6 is 15.9 Å². The van der Waals surface area contributed by atoms with Gasteiger partial charge in [-0.2, -0.15) is 0 Å². The number of rotatable bonds is 3. The molecule has 3 rings (SSSR count). The summed E-state index contributed by atoms with van der Waals surface area (Å²) in [6, 6.07) is 10.2. The van der Waals surface area contributed by atoms with E-state index in [0.717, 1.165) is 10.2 Å². The molecule has 4 nitrogen and oxygen atoms in total. The van der Waals surface area contributed by atoms with E-state index in [1.165, 1.54) is 6.07 Å². The van der Waals surface area contributed by atoms with Crippen molar-refractivity contribution in [1.29, 1.82) is 0 Å². The molecule has 0 radical (unpaired) electrons. The Labute approximate surface area is 129 Å². The second kappa shape index (κ2) is 5.73. The SMILES string of the molecule is O=C1COc2ccc(NCc3cc(Br)ccc3F)cc2N1. The van der Waals surface area contributed by atoms with E-state index in [1.807, 2.05) is 6.07 Å². The van der Waals surface area contributed by atoms with Gasteiger partial charge >= 0.3 is 0 Å². The number of halogens is 2. The fourth-order valence-corrected chi connectivity index (χ4v) is 2.48. The number of benzene rings is 2. The van der Waals surface area contributed by atoms with Gasteiger partial charge in [-0.3, -0.25) is 4.79 Å². The number of fused-ring (bicyclic) bond motifs is 1. The van der Waals surface area contributed by atoms with Gasteiger partial charge in [0.05, 0.1) is 5.69 Å². The average molecular weight is 351 g/mol. The molecular formula is C15H12BrFN2O2. The summed E-state index contributed by atoms with van der Waals surface area (Å²) in [6.07, 6.45) is 0. The van der Waals surface area contributed by atoms with Crippen molar-refractivity contribution in [3.05, 3.63) is 52.3 Å². The van der Waals surface area contributed by atoms with Crippen molar-refractivity contribution in [2.45, 2.75) is 6.54 Å². The van der Waals surface area contributed by atoms with Gasteiger partial charge in [0.25, 0.3) is 5.91 Å². The van der Waals surface area contributed by atoms with Gasteiger partial charge < -0.3 is 15.4 Å². The molecule has 1 aliphatic rings. The van der Waals surface area contributed by atoms with Crippen LogP contribution in [0.25, 0.3) is 0 Å². The minimum absolute atomic E-state index is 0.0308. The molecule has 2 aromatic rings. The first kappa shape index (κ1) is 13.9. The lowest BCUT2D eigenvalue weighted by molar-refractivity contribution is -0.118. The van der Waals surface area contributed by atoms with Crippen molar-refractivity contribution in [3.8, 4) is 5.75 Å². The highest BCUT2D eigenvalue weighted by molar-refractivity contribution is 9.10. The number of amides is 1. The number of hydrogen-bond donors (Lipinski definition) is 2. The molecule has 0 aromatic heterocycles. The molecule has 1 aliphatic heterocycles. The van der Waals surface area contributed by atoms with Gasteiger partial charge in [-0.05, 0) is 36.4 Å². The van der Waals surface area contributed by atoms with E-state index < -0.39 is 0 Å². The highest BCUT2D eigenvalue weighted by atomic mass is 79.9. The van der Waals surface area contributed by atoms with Crippen LogP contribution in [0, 0.1) is 5.82 Å². The zero-order valence-corrected chi connectivity index (χ0v) is 12.5. The van der Waals surface area contributed by atoms with E-state index in [0.29, 0.717) is 23.5 Å². The first-order chi connectivity index (χ1) is 10.1. The van der Waals surface area contributed by atoms with Crippen LogP contribution in [0.5, 0.6) is 5.75 Å². The number of anilines is 2. The Morgan fingerprint density at radius 1 is 1.29 bits per heavy atom. The van der Waals surface area contributed by atoms with Crippen LogP contribution in [0.1, 0.15) is 5.56 Å². The molecule has 0 unspecified atom stereocenters. The second-order valence-electron chi connectivity index (χ2n) is 4.64. The van der Waals surface area contributed by atoms with Crippen molar-refractivity contribution in [3.63, 3.8) is 0 Å². The van der Waals surface area contributed by atoms with Crippen molar-refractivity contribution in [2.24, 2.45) is 0 Å². The fourth-order valence-electron chi connectivity index (χ4n) is 2.07. The number of hydrogen-bond acceptors (Lipinski definition) is 3. The molecule has 0 fully saturated rings. The third kappa shape index (κ3) is 3.16. The number of carbonyl (C=O) groups is 1. The standard InChI is InChI=1S/C15H12BrFN2O2/c16-10-1-3-12(17)9(5-10)7-18-11-2-4-14-13(6-11)19-15(20)8-21-14/h1-6,18H,7-8H2,(H,19,20). The van der Waals surface area contributed by atoms with E-state index >= 15 is 0 Å². The summed E-state index contributed by atoms with van der Waals surface area (Å²) in [5.74, 6) is 0.187. The van der Waals surface area contributed by atoms with Crippen LogP contribution in [0.4, 0.5) is 15.8 Å². The quantitative estimate of drug-likeness (QED) is 0.890. The lowest BCUT2D eigenvalue weighted by atomic mass is 10.2. The lowest BCUT2D eigenvalue weighted by Gasteiger charge is -2.19. The predicted octanol–water partition coefficient (Wildman–Crippen LogP) is 3.53. The van der Waals surface area contributed by atoms with Crippen molar-refractivity contribution in [1.82, 2.24) is 0 Å². The maximum absolute atomic E-state index is 13.7. The molecule has 0 saturated heterocycles. The van der Waals surface area contributed by atoms with Gasteiger partial charge in [0.1, 0.15) is 11.6 Å². The Morgan fingerprint density at radius 2 is 2.14 bits per heavy atom. The third-order valence-corrected chi connectivity index (χ3v) is 3.60. The number of nitrogens with one attached hydrogen (secondary N) is 2. The van der Waals surface area contributed by atoms with E-state index in [4.69, 9.17) is 4.74 Å². The van der Waals surface area contributed by atoms with Crippen LogP contribution in [0.2, 0.25) is 0 Å². The van der Waals surface area contributed by atoms with Crippen LogP contribution < -0.4 is 15.4 Å². The molecule has 2 N–H and O–H groups in total. The smallest absolute Gasteiger partial charge is 0.262 e. The zero-order valence-electron chi connectivity index (χ0n) is 11.0. The average Bonchev–Trinajstić information content (AvgIpc) is 2.47. The van der Waals surface area contributed by atoms with Gasteiger partial charge in [0, 0.05) is 22.3 Å². The van der Waals surface area contributed by atoms with Crippen molar-refractivity contribution >= 4 is 33.2 Å². The van der Waals surface area contributed by atoms with E-state index in [9.17, 15) is 9.18 Å². The Morgan fingerprint density at radius 3 is 3.00 bits per heavy atom. The normalized spacial score (nSPS) is 13.1. The molecule has 0 bridgehead atoms. The van der Waals surface area contributed by atoms with Gasteiger partial charge in [-0.1, -0.05) is 15.9 Å². The van der Waals surface area contributed by atoms with Gasteiger partial charge in [-0.25, -0.2) is 4.39 Å². The minimum atomic E-state index is -0.264. The molecule has 0 spiro atoms. The molecular weight excluding hydrogens is 339 g/mol. The Balaban J connectivity index is 1.75. The largest absolute Gasteiger partial charge is 0.482 e. The van der Waals surface area contributed by atoms with Gasteiger partial charge in [-0.15, -0.1) is 0 Å². The predicted molar refractivity (Wildman–Crippen MR) is 82.0 cm³/mol. The van der Waals surface area contributed by atoms with Crippen molar-refractivity contribution in [2.75, 3.05) is 17.2 Å². The van der Waals surface area contributed by atoms with Crippen LogP contribution in [0.3, 0.4) is 0 Å². The summed E-state index contributed by atoms with van der Waals surface area (Å²) in [4.78, 5) is 11.3. The number of ether oxygens (including phenoxy) is 1. The van der Waals surface area contributed by atoms with E-state index in [1.54, 1.807) is 24.3 Å². The molecule has 0 saturated carbocycles. The summed E-state index contributed by atoms with van der Waals surface area (Å²) in [6.45, 7) is 0.377. The van der Waals surface area contributed by atoms with Crippen LogP contribution in [-0.2, 0) is 11.3 Å². The fraction of sp³-hybridized carbons (Fsp3) is 0.133. The molecule has 0 aliphatic carbocycles. The minimum Gasteiger partial charge on any atom is -0.482 e. The molecule has 0 atom stereocenters. The molecule has 6 heteroatoms. The molecule has 108 valence electrons. The summed E-state index contributed by atoms with van der Waals surface area (Å²) >= 11 is 3.32. The summed E-state index contributed by atoms with van der Waals surface area (Å²) < 4.78 is 19.8. The maximum atomic E-state index is 13.7. The Bertz CT molecular complexity index is 706. The first-order valence-corrected chi connectivity index (χ1v) is 7.15. The Kier molecular flexibility index (Phi) is 3.79. The van der Waals surface area contributed by atoms with E-state index in [2.05, 4.69) is 26.6 Å². The molecule has 2 aromatic carbocycles. The maximum Gasteiger partial charge on any atom is 0.262 e. The first-order valence-electron chi connectivity index (χ1n) is 6.36. The highest BCUT2D eigenvalue weighted by Crippen LogP contribution is 2.30. The second-order valence-corrected chi connectivity index (χ2v) is 5.55. The summed E-state index contributed by atoms with van der Waals surface area (Å²) in [5, 5.41) is 5.86. The molecule has 1 amide bonds.